The molecule has 2 N–H and O–H groups in total. The fourth-order valence-electron chi connectivity index (χ4n) is 2.24. The quantitative estimate of drug-likeness (QED) is 0.548. The van der Waals surface area contributed by atoms with E-state index < -0.39 is 10.0 Å². The third-order valence-corrected chi connectivity index (χ3v) is 5.77. The van der Waals surface area contributed by atoms with E-state index in [9.17, 15) is 13.2 Å². The van der Waals surface area contributed by atoms with Crippen LogP contribution in [0.5, 0.6) is 5.75 Å². The summed E-state index contributed by atoms with van der Waals surface area (Å²) in [5, 5.41) is 10.1. The second-order valence-corrected chi connectivity index (χ2v) is 8.29. The van der Waals surface area contributed by atoms with Crippen molar-refractivity contribution in [2.75, 3.05) is 27.4 Å². The van der Waals surface area contributed by atoms with E-state index in [2.05, 4.69) is 25.0 Å². The number of hydrogen-bond donors (Lipinski definition) is 2. The summed E-state index contributed by atoms with van der Waals surface area (Å²) in [5.74, 6) is 1.13. The maximum absolute atomic E-state index is 11.7. The third kappa shape index (κ3) is 9.45. The van der Waals surface area contributed by atoms with Gasteiger partial charge in [0.15, 0.2) is 0 Å². The predicted octanol–water partition coefficient (Wildman–Crippen LogP) is 2.12. The first-order valence-corrected chi connectivity index (χ1v) is 11.6. The van der Waals surface area contributed by atoms with Crippen LogP contribution in [0.4, 0.5) is 0 Å². The number of nitrogens with zero attached hydrogens (tertiary/aromatic N) is 2. The molecule has 3 rings (SSSR count). The molecule has 0 radical (unpaired) electrons. The van der Waals surface area contributed by atoms with Crippen LogP contribution in [0.1, 0.15) is 39.5 Å². The SMILES string of the molecule is CC.COCCNC(C)=O.COc1ccccc1-c1nnc(CNS(=O)(=O)C2CC2)o1. The maximum Gasteiger partial charge on any atom is 0.251 e. The van der Waals surface area contributed by atoms with Crippen LogP contribution in [-0.4, -0.2) is 57.1 Å². The van der Waals surface area contributed by atoms with Crippen molar-refractivity contribution >= 4 is 15.9 Å². The molecule has 1 aromatic heterocycles. The Kier molecular flexibility index (Phi) is 11.8. The Labute approximate surface area is 183 Å². The molecule has 0 atom stereocenters. The first-order valence-electron chi connectivity index (χ1n) is 10.0. The van der Waals surface area contributed by atoms with Gasteiger partial charge in [-0.2, -0.15) is 0 Å². The molecule has 2 aromatic rings. The molecule has 1 saturated carbocycles. The van der Waals surface area contributed by atoms with Gasteiger partial charge in [-0.25, -0.2) is 13.1 Å². The molecule has 1 aliphatic carbocycles. The van der Waals surface area contributed by atoms with E-state index >= 15 is 0 Å². The Morgan fingerprint density at radius 3 is 2.45 bits per heavy atom. The van der Waals surface area contributed by atoms with Crippen molar-refractivity contribution in [1.29, 1.82) is 0 Å². The summed E-state index contributed by atoms with van der Waals surface area (Å²) < 4.78 is 41.3. The smallest absolute Gasteiger partial charge is 0.251 e. The Balaban J connectivity index is 0.000000409. The van der Waals surface area contributed by atoms with Gasteiger partial charge in [0.25, 0.3) is 5.89 Å². The molecule has 10 nitrogen and oxygen atoms in total. The number of methoxy groups -OCH3 is 2. The van der Waals surface area contributed by atoms with Crippen LogP contribution in [-0.2, 0) is 26.1 Å². The molecule has 31 heavy (non-hydrogen) atoms. The lowest BCUT2D eigenvalue weighted by atomic mass is 10.2. The van der Waals surface area contributed by atoms with Gasteiger partial charge in [0, 0.05) is 20.6 Å². The van der Waals surface area contributed by atoms with Crippen LogP contribution in [0, 0.1) is 0 Å². The first-order chi connectivity index (χ1) is 14.9. The van der Waals surface area contributed by atoms with Gasteiger partial charge in [0.2, 0.25) is 21.8 Å². The summed E-state index contributed by atoms with van der Waals surface area (Å²) in [7, 11) is -0.101. The lowest BCUT2D eigenvalue weighted by Crippen LogP contribution is -2.26. The minimum atomic E-state index is -3.26. The number of ether oxygens (including phenoxy) is 2. The Hall–Kier alpha value is -2.50. The van der Waals surface area contributed by atoms with Crippen molar-refractivity contribution in [3.63, 3.8) is 0 Å². The summed E-state index contributed by atoms with van der Waals surface area (Å²) in [6.45, 7) is 6.67. The fraction of sp³-hybridized carbons (Fsp3) is 0.550. The minimum absolute atomic E-state index is 0.000975. The minimum Gasteiger partial charge on any atom is -0.496 e. The summed E-state index contributed by atoms with van der Waals surface area (Å²) in [5.41, 5.74) is 0.670. The van der Waals surface area contributed by atoms with Gasteiger partial charge in [-0.05, 0) is 25.0 Å². The molecular formula is C20H32N4O6S. The molecule has 174 valence electrons. The van der Waals surface area contributed by atoms with E-state index in [-0.39, 0.29) is 23.6 Å². The van der Waals surface area contributed by atoms with Crippen molar-refractivity contribution < 1.29 is 27.1 Å². The van der Waals surface area contributed by atoms with E-state index in [4.69, 9.17) is 9.15 Å². The van der Waals surface area contributed by atoms with Gasteiger partial charge < -0.3 is 19.2 Å². The van der Waals surface area contributed by atoms with Crippen molar-refractivity contribution in [2.45, 2.75) is 45.4 Å². The number of para-hydroxylation sites is 1. The van der Waals surface area contributed by atoms with Gasteiger partial charge in [-0.1, -0.05) is 26.0 Å². The van der Waals surface area contributed by atoms with E-state index in [0.29, 0.717) is 43.2 Å². The van der Waals surface area contributed by atoms with Crippen LogP contribution in [0.3, 0.4) is 0 Å². The summed E-state index contributed by atoms with van der Waals surface area (Å²) in [6, 6.07) is 7.25. The normalized spacial score (nSPS) is 12.7. The largest absolute Gasteiger partial charge is 0.496 e. The van der Waals surface area contributed by atoms with Crippen molar-refractivity contribution in [2.24, 2.45) is 0 Å². The molecule has 0 bridgehead atoms. The Morgan fingerprint density at radius 1 is 1.19 bits per heavy atom. The molecular weight excluding hydrogens is 424 g/mol. The van der Waals surface area contributed by atoms with Crippen LogP contribution in [0.15, 0.2) is 28.7 Å². The van der Waals surface area contributed by atoms with Gasteiger partial charge in [-0.3, -0.25) is 4.79 Å². The highest BCUT2D eigenvalue weighted by molar-refractivity contribution is 7.90. The number of rotatable bonds is 9. The molecule has 0 aliphatic heterocycles. The van der Waals surface area contributed by atoms with Crippen molar-refractivity contribution in [3.8, 4) is 17.2 Å². The molecule has 0 saturated heterocycles. The average molecular weight is 457 g/mol. The van der Waals surface area contributed by atoms with Crippen molar-refractivity contribution in [1.82, 2.24) is 20.2 Å². The number of hydrogen-bond acceptors (Lipinski definition) is 8. The number of nitrogens with one attached hydrogen (secondary N) is 2. The number of benzene rings is 1. The molecule has 1 aromatic carbocycles. The predicted molar refractivity (Wildman–Crippen MR) is 117 cm³/mol. The van der Waals surface area contributed by atoms with Crippen LogP contribution < -0.4 is 14.8 Å². The van der Waals surface area contributed by atoms with Gasteiger partial charge in [0.1, 0.15) is 5.75 Å². The second-order valence-electron chi connectivity index (χ2n) is 6.24. The van der Waals surface area contributed by atoms with Crippen LogP contribution in [0.25, 0.3) is 11.5 Å². The first kappa shape index (κ1) is 26.5. The number of aromatic nitrogens is 2. The standard InChI is InChI=1S/C13H15N3O4S.C5H11NO2.C2H6/c1-19-11-5-3-2-4-10(11)13-16-15-12(20-13)8-14-21(17,18)9-6-7-9;1-5(7)6-3-4-8-2;1-2/h2-5,9,14H,6-8H2,1H3;3-4H2,1-2H3,(H,6,7);1-2H3. The summed E-state index contributed by atoms with van der Waals surface area (Å²) in [4.78, 5) is 10.2. The van der Waals surface area contributed by atoms with Crippen molar-refractivity contribution in [3.05, 3.63) is 30.2 Å². The number of carbonyl (C=O) groups excluding carboxylic acids is 1. The maximum atomic E-state index is 11.7. The van der Waals surface area contributed by atoms with E-state index in [1.54, 1.807) is 26.4 Å². The molecule has 1 heterocycles. The number of carbonyl (C=O) groups is 1. The molecule has 11 heteroatoms. The van der Waals surface area contributed by atoms with Gasteiger partial charge in [0.05, 0.1) is 31.1 Å². The molecule has 1 fully saturated rings. The highest BCUT2D eigenvalue weighted by Crippen LogP contribution is 2.29. The van der Waals surface area contributed by atoms with Gasteiger partial charge in [-0.15, -0.1) is 10.2 Å². The zero-order valence-electron chi connectivity index (χ0n) is 18.7. The van der Waals surface area contributed by atoms with E-state index in [1.807, 2.05) is 26.0 Å². The van der Waals surface area contributed by atoms with E-state index in [1.165, 1.54) is 6.92 Å². The molecule has 0 spiro atoms. The topological polar surface area (TPSA) is 133 Å². The monoisotopic (exact) mass is 456 g/mol. The van der Waals surface area contributed by atoms with Crippen LogP contribution in [0.2, 0.25) is 0 Å². The molecule has 0 unspecified atom stereocenters. The Bertz CT molecular complexity index is 897. The fourth-order valence-corrected chi connectivity index (χ4v) is 3.56. The molecule has 1 aliphatic rings. The van der Waals surface area contributed by atoms with E-state index in [0.717, 1.165) is 0 Å². The summed E-state index contributed by atoms with van der Waals surface area (Å²) in [6.07, 6.45) is 1.43. The third-order valence-electron chi connectivity index (χ3n) is 3.87. The zero-order chi connectivity index (χ0) is 23.3. The number of amides is 1. The lowest BCUT2D eigenvalue weighted by molar-refractivity contribution is -0.119. The molecule has 1 amide bonds. The highest BCUT2D eigenvalue weighted by Gasteiger charge is 2.35. The average Bonchev–Trinajstić information content (AvgIpc) is 3.54. The Morgan fingerprint density at radius 2 is 1.87 bits per heavy atom. The van der Waals surface area contributed by atoms with Gasteiger partial charge >= 0.3 is 0 Å². The van der Waals surface area contributed by atoms with Crippen LogP contribution >= 0.6 is 0 Å². The number of sulfonamides is 1. The second kappa shape index (κ2) is 13.7. The zero-order valence-corrected chi connectivity index (χ0v) is 19.5. The highest BCUT2D eigenvalue weighted by atomic mass is 32.2. The lowest BCUT2D eigenvalue weighted by Gasteiger charge is -2.03. The summed E-state index contributed by atoms with van der Waals surface area (Å²) >= 11 is 0.